The van der Waals surface area contributed by atoms with E-state index in [9.17, 15) is 71.5 Å². The molecule has 20 atom stereocenters. The van der Waals surface area contributed by atoms with Gasteiger partial charge in [-0.15, -0.1) is 0 Å². The summed E-state index contributed by atoms with van der Waals surface area (Å²) < 4.78 is 37.5. The zero-order chi connectivity index (χ0) is 33.3. The van der Waals surface area contributed by atoms with Crippen molar-refractivity contribution in [2.24, 2.45) is 0 Å². The lowest BCUT2D eigenvalue weighted by atomic mass is 9.96. The zero-order valence-electron chi connectivity index (χ0n) is 23.5. The topological polar surface area (TPSA) is 348 Å². The summed E-state index contributed by atoms with van der Waals surface area (Å²) in [5.41, 5.74) is 0. The average molecular weight is 667 g/mol. The van der Waals surface area contributed by atoms with Crippen molar-refractivity contribution in [3.05, 3.63) is 0 Å². The maximum Gasteiger partial charge on any atom is 0.187 e. The maximum absolute atomic E-state index is 10.9. The van der Waals surface area contributed by atoms with Crippen molar-refractivity contribution < 1.29 is 105 Å². The molecule has 4 fully saturated rings. The second kappa shape index (κ2) is 15.6. The number of hydrogen-bond acceptors (Lipinski definition) is 21. The molecule has 45 heavy (non-hydrogen) atoms. The van der Waals surface area contributed by atoms with E-state index in [-0.39, 0.29) is 0 Å². The first kappa shape index (κ1) is 37.0. The predicted molar refractivity (Wildman–Crippen MR) is 134 cm³/mol. The quantitative estimate of drug-likeness (QED) is 0.103. The lowest BCUT2D eigenvalue weighted by Crippen LogP contribution is -2.66. The number of aliphatic hydroxyl groups excluding tert-OH is 14. The van der Waals surface area contributed by atoms with Crippen LogP contribution < -0.4 is 0 Å². The van der Waals surface area contributed by atoms with Crippen LogP contribution in [0.25, 0.3) is 0 Å². The van der Waals surface area contributed by atoms with Gasteiger partial charge in [-0.2, -0.15) is 0 Å². The van der Waals surface area contributed by atoms with Gasteiger partial charge in [0.2, 0.25) is 0 Å². The highest BCUT2D eigenvalue weighted by Crippen LogP contribution is 2.32. The zero-order valence-corrected chi connectivity index (χ0v) is 23.5. The van der Waals surface area contributed by atoms with Crippen LogP contribution in [-0.2, 0) is 33.2 Å². The number of aliphatic hydroxyl groups is 14. The molecule has 0 spiro atoms. The van der Waals surface area contributed by atoms with E-state index in [4.69, 9.17) is 33.2 Å². The lowest BCUT2D eigenvalue weighted by molar-refractivity contribution is -0.380. The van der Waals surface area contributed by atoms with E-state index in [1.54, 1.807) is 0 Å². The van der Waals surface area contributed by atoms with Crippen molar-refractivity contribution in [1.82, 2.24) is 0 Å². The van der Waals surface area contributed by atoms with Crippen molar-refractivity contribution in [2.45, 2.75) is 123 Å². The van der Waals surface area contributed by atoms with Crippen LogP contribution in [0.15, 0.2) is 0 Å². The summed E-state index contributed by atoms with van der Waals surface area (Å²) in [6, 6.07) is 0. The molecule has 4 rings (SSSR count). The lowest BCUT2D eigenvalue weighted by Gasteiger charge is -2.48. The van der Waals surface area contributed by atoms with E-state index >= 15 is 0 Å². The van der Waals surface area contributed by atoms with Crippen molar-refractivity contribution in [3.8, 4) is 0 Å². The first-order valence-corrected chi connectivity index (χ1v) is 14.1. The minimum absolute atomic E-state index is 0.683. The highest BCUT2D eigenvalue weighted by molar-refractivity contribution is 4.96. The molecule has 14 N–H and O–H groups in total. The van der Waals surface area contributed by atoms with Gasteiger partial charge in [0.05, 0.1) is 26.4 Å². The molecule has 4 heterocycles. The molecule has 4 aliphatic heterocycles. The molecule has 0 saturated carbocycles. The smallest absolute Gasteiger partial charge is 0.187 e. The highest BCUT2D eigenvalue weighted by atomic mass is 16.8. The molecule has 4 saturated heterocycles. The number of hydrogen-bond donors (Lipinski definition) is 14. The Labute approximate surface area is 254 Å². The van der Waals surface area contributed by atoms with Crippen LogP contribution in [0.3, 0.4) is 0 Å². The summed E-state index contributed by atoms with van der Waals surface area (Å²) in [5, 5.41) is 142. The van der Waals surface area contributed by atoms with Crippen LogP contribution in [-0.4, -0.2) is 221 Å². The van der Waals surface area contributed by atoms with Gasteiger partial charge in [-0.3, -0.25) is 0 Å². The van der Waals surface area contributed by atoms with E-state index < -0.39 is 149 Å². The second-order valence-electron chi connectivity index (χ2n) is 11.2. The molecule has 21 heteroatoms. The summed E-state index contributed by atoms with van der Waals surface area (Å²) in [5.74, 6) is 0. The van der Waals surface area contributed by atoms with Crippen LogP contribution in [0.4, 0.5) is 0 Å². The summed E-state index contributed by atoms with van der Waals surface area (Å²) in [6.45, 7) is -3.14. The molecule has 0 aliphatic carbocycles. The van der Waals surface area contributed by atoms with E-state index in [0.29, 0.717) is 0 Å². The summed E-state index contributed by atoms with van der Waals surface area (Å²) in [7, 11) is 0. The first-order valence-electron chi connectivity index (χ1n) is 14.1. The van der Waals surface area contributed by atoms with Crippen molar-refractivity contribution in [3.63, 3.8) is 0 Å². The van der Waals surface area contributed by atoms with Gasteiger partial charge >= 0.3 is 0 Å². The van der Waals surface area contributed by atoms with Crippen molar-refractivity contribution in [1.29, 1.82) is 0 Å². The Balaban J connectivity index is 1.41. The highest BCUT2D eigenvalue weighted by Gasteiger charge is 2.53. The second-order valence-corrected chi connectivity index (χ2v) is 11.2. The van der Waals surface area contributed by atoms with Gasteiger partial charge in [0.15, 0.2) is 25.2 Å². The first-order chi connectivity index (χ1) is 21.2. The monoisotopic (exact) mass is 666 g/mol. The third-order valence-electron chi connectivity index (χ3n) is 8.18. The normalized spacial score (nSPS) is 52.9. The van der Waals surface area contributed by atoms with Gasteiger partial charge in [-0.05, 0) is 0 Å². The third-order valence-corrected chi connectivity index (χ3v) is 8.18. The molecule has 0 aromatic carbocycles. The van der Waals surface area contributed by atoms with Crippen molar-refractivity contribution in [2.75, 3.05) is 26.4 Å². The maximum atomic E-state index is 10.9. The summed E-state index contributed by atoms with van der Waals surface area (Å²) >= 11 is 0. The minimum Gasteiger partial charge on any atom is -0.394 e. The van der Waals surface area contributed by atoms with Gasteiger partial charge in [-0.25, -0.2) is 0 Å². The third kappa shape index (κ3) is 7.59. The molecular weight excluding hydrogens is 624 g/mol. The fourth-order valence-electron chi connectivity index (χ4n) is 5.44. The molecule has 0 bridgehead atoms. The van der Waals surface area contributed by atoms with Crippen LogP contribution in [0.2, 0.25) is 0 Å². The Hall–Kier alpha value is -0.840. The largest absolute Gasteiger partial charge is 0.394 e. The standard InChI is InChI=1S/C24H42O21/c25-1-5-9(28)11(30)16(35)22(41-5)39-4-8-10(29)12(31)17(36)23(43-8)45-20-7(3-27)42-24(18(37)14(20)33)44-19-6(2-26)40-21(38)15(34)13(19)32/h5-38H,1-4H2/t5?,6?,7?,8?,9-,10-,11?,12?,13?,14?,15+,16+,17+,18+,19-,20-,21-,22+,23-,24-/m1/s1. The molecular formula is C24H42O21. The molecule has 264 valence electrons. The van der Waals surface area contributed by atoms with Crippen LogP contribution in [0.1, 0.15) is 0 Å². The Morgan fingerprint density at radius 3 is 1.31 bits per heavy atom. The van der Waals surface area contributed by atoms with Crippen LogP contribution in [0.5, 0.6) is 0 Å². The Kier molecular flexibility index (Phi) is 12.8. The fraction of sp³-hybridized carbons (Fsp3) is 1.00. The molecule has 8 unspecified atom stereocenters. The Morgan fingerprint density at radius 2 is 0.778 bits per heavy atom. The van der Waals surface area contributed by atoms with E-state index in [1.165, 1.54) is 0 Å². The van der Waals surface area contributed by atoms with Gasteiger partial charge in [-0.1, -0.05) is 0 Å². The number of rotatable bonds is 10. The summed E-state index contributed by atoms with van der Waals surface area (Å²) in [4.78, 5) is 0. The SMILES string of the molecule is OCC1O[C@H](OCC2O[C@H](O[C@@H]3C(CO)O[C@H](O[C@@H]4C(CO)O[C@@H](O)[C@@H](O)C4O)[C@@H](O)C3O)[C@@H](O)C(O)[C@@H]2O)[C@@H](O)C(O)[C@@H]1O. The molecule has 0 aromatic heterocycles. The molecule has 21 nitrogen and oxygen atoms in total. The minimum atomic E-state index is -2.00. The van der Waals surface area contributed by atoms with Crippen molar-refractivity contribution >= 4 is 0 Å². The fourth-order valence-corrected chi connectivity index (χ4v) is 5.44. The van der Waals surface area contributed by atoms with Gasteiger partial charge in [0.1, 0.15) is 97.7 Å². The van der Waals surface area contributed by atoms with Gasteiger partial charge in [0.25, 0.3) is 0 Å². The van der Waals surface area contributed by atoms with Crippen LogP contribution >= 0.6 is 0 Å². The Morgan fingerprint density at radius 1 is 0.378 bits per heavy atom. The van der Waals surface area contributed by atoms with E-state index in [1.807, 2.05) is 0 Å². The molecule has 0 aromatic rings. The van der Waals surface area contributed by atoms with Gasteiger partial charge < -0.3 is 105 Å². The summed E-state index contributed by atoms with van der Waals surface area (Å²) in [6.07, 6.45) is -35.0. The van der Waals surface area contributed by atoms with E-state index in [2.05, 4.69) is 0 Å². The predicted octanol–water partition coefficient (Wildman–Crippen LogP) is -9.75. The number of ether oxygens (including phenoxy) is 7. The van der Waals surface area contributed by atoms with Crippen LogP contribution in [0, 0.1) is 0 Å². The van der Waals surface area contributed by atoms with E-state index in [0.717, 1.165) is 0 Å². The molecule has 0 amide bonds. The van der Waals surface area contributed by atoms with Gasteiger partial charge in [0, 0.05) is 0 Å². The molecule has 0 radical (unpaired) electrons. The Bertz CT molecular complexity index is 912. The average Bonchev–Trinajstić information content (AvgIpc) is 3.03. The molecule has 4 aliphatic rings.